The number of urea groups is 1. The summed E-state index contributed by atoms with van der Waals surface area (Å²) in [4.78, 5) is 110. The third kappa shape index (κ3) is 15.3. The van der Waals surface area contributed by atoms with Gasteiger partial charge in [0.15, 0.2) is 5.65 Å². The number of anilines is 1. The number of benzene rings is 3. The Balaban J connectivity index is 0.932. The molecule has 3 aromatic carbocycles. The molecule has 2 atom stereocenters. The lowest BCUT2D eigenvalue weighted by Crippen LogP contribution is -2.54. The maximum absolute atomic E-state index is 14.3. The molecule has 0 aliphatic carbocycles. The summed E-state index contributed by atoms with van der Waals surface area (Å²) in [5.41, 5.74) is 13.4. The summed E-state index contributed by atoms with van der Waals surface area (Å²) in [6.07, 6.45) is 7.28. The molecule has 408 valence electrons. The second-order valence-corrected chi connectivity index (χ2v) is 19.5. The molecule has 4 aromatic heterocycles. The first-order valence-electron chi connectivity index (χ1n) is 26.1. The van der Waals surface area contributed by atoms with Gasteiger partial charge in [-0.2, -0.15) is 5.10 Å². The van der Waals surface area contributed by atoms with Crippen LogP contribution in [0.5, 0.6) is 0 Å². The summed E-state index contributed by atoms with van der Waals surface area (Å²) in [5.74, 6) is -2.05. The van der Waals surface area contributed by atoms with Crippen molar-refractivity contribution in [1.29, 1.82) is 0 Å². The Morgan fingerprint density at radius 1 is 0.759 bits per heavy atom. The van der Waals surface area contributed by atoms with Crippen molar-refractivity contribution in [2.24, 2.45) is 11.7 Å². The average Bonchev–Trinajstić information content (AvgIpc) is 4.19. The molecule has 7 N–H and O–H groups in total. The van der Waals surface area contributed by atoms with Crippen LogP contribution in [0.15, 0.2) is 134 Å². The maximum atomic E-state index is 14.3. The van der Waals surface area contributed by atoms with Crippen LogP contribution in [0.2, 0.25) is 0 Å². The molecule has 8 rings (SSSR count). The number of aromatic nitrogens is 6. The summed E-state index contributed by atoms with van der Waals surface area (Å²) < 4.78 is 7.67. The van der Waals surface area contributed by atoms with Crippen molar-refractivity contribution in [2.45, 2.75) is 91.1 Å². The van der Waals surface area contributed by atoms with Gasteiger partial charge in [0.2, 0.25) is 17.7 Å². The highest BCUT2D eigenvalue weighted by atomic mass is 16.6. The number of hydrogen-bond acceptors (Lipinski definition) is 12. The van der Waals surface area contributed by atoms with Crippen LogP contribution in [0.1, 0.15) is 75.0 Å². The van der Waals surface area contributed by atoms with Crippen LogP contribution in [0.25, 0.3) is 39.4 Å². The van der Waals surface area contributed by atoms with E-state index in [1.807, 2.05) is 98.0 Å². The van der Waals surface area contributed by atoms with Crippen LogP contribution in [0.4, 0.5) is 15.3 Å². The van der Waals surface area contributed by atoms with Crippen LogP contribution in [-0.2, 0) is 48.4 Å². The number of nitrogens with one attached hydrogen (secondary N) is 5. The van der Waals surface area contributed by atoms with Crippen LogP contribution in [0, 0.1) is 12.8 Å². The van der Waals surface area contributed by atoms with E-state index in [0.717, 1.165) is 32.8 Å². The molecule has 0 radical (unpaired) electrons. The minimum Gasteiger partial charge on any atom is -0.445 e. The lowest BCUT2D eigenvalue weighted by atomic mass is 10.0. The van der Waals surface area contributed by atoms with Gasteiger partial charge in [0.1, 0.15) is 36.5 Å². The molecule has 21 nitrogen and oxygen atoms in total. The Kier molecular flexibility index (Phi) is 18.7. The van der Waals surface area contributed by atoms with Crippen molar-refractivity contribution in [1.82, 2.24) is 55.3 Å². The second-order valence-electron chi connectivity index (χ2n) is 19.5. The molecule has 7 aromatic rings. The van der Waals surface area contributed by atoms with Gasteiger partial charge in [-0.15, -0.1) is 0 Å². The quantitative estimate of drug-likeness (QED) is 0.0250. The van der Waals surface area contributed by atoms with E-state index in [-0.39, 0.29) is 75.7 Å². The number of aromatic amines is 1. The number of nitrogens with two attached hydrogens (primary N) is 1. The Labute approximate surface area is 456 Å². The van der Waals surface area contributed by atoms with Gasteiger partial charge < -0.3 is 36.7 Å². The van der Waals surface area contributed by atoms with Gasteiger partial charge in [-0.25, -0.2) is 24.1 Å². The number of imide groups is 1. The lowest BCUT2D eigenvalue weighted by molar-refractivity contribution is -0.137. The van der Waals surface area contributed by atoms with Crippen LogP contribution in [0.3, 0.4) is 0 Å². The van der Waals surface area contributed by atoms with E-state index in [1.54, 1.807) is 47.5 Å². The van der Waals surface area contributed by atoms with E-state index in [2.05, 4.69) is 36.3 Å². The topological polar surface area (TPSA) is 281 Å². The number of carbonyl (C=O) groups is 7. The molecule has 1 aliphatic heterocycles. The summed E-state index contributed by atoms with van der Waals surface area (Å²) in [6.45, 7) is 5.96. The Bertz CT molecular complexity index is 3320. The third-order valence-electron chi connectivity index (χ3n) is 13.1. The van der Waals surface area contributed by atoms with Gasteiger partial charge in [-0.1, -0.05) is 87.0 Å². The molecule has 21 heteroatoms. The number of nitrogens with zero attached hydrogens (tertiary/aromatic N) is 7. The molecule has 8 amide bonds. The van der Waals surface area contributed by atoms with Crippen molar-refractivity contribution in [3.63, 3.8) is 0 Å². The molecule has 0 saturated carbocycles. The summed E-state index contributed by atoms with van der Waals surface area (Å²) in [7, 11) is 0. The van der Waals surface area contributed by atoms with E-state index in [1.165, 1.54) is 18.5 Å². The summed E-state index contributed by atoms with van der Waals surface area (Å²) in [6, 6.07) is 31.4. The van der Waals surface area contributed by atoms with Crippen molar-refractivity contribution in [3.8, 4) is 33.8 Å². The third-order valence-corrected chi connectivity index (χ3v) is 13.1. The zero-order chi connectivity index (χ0) is 55.8. The first-order valence-corrected chi connectivity index (χ1v) is 26.1. The van der Waals surface area contributed by atoms with Gasteiger partial charge in [0.25, 0.3) is 11.8 Å². The monoisotopic (exact) mass is 1070 g/mol. The highest BCUT2D eigenvalue weighted by Crippen LogP contribution is 2.31. The first kappa shape index (κ1) is 55.7. The molecule has 1 aliphatic rings. The van der Waals surface area contributed by atoms with E-state index in [9.17, 15) is 33.6 Å². The van der Waals surface area contributed by atoms with Gasteiger partial charge in [-0.05, 0) is 103 Å². The number of H-pyrrole nitrogens is 1. The SMILES string of the molecule is Cc1cccc(-c2nc(CN(Cc3cccc(-c4ccccc4)c3)C(=O)OCc3ccc(NC(=O)C(CCCNC(N)=O)NC(=O)C(NC(=O)CCCCCN4C(=O)C=CC4=O)C(C)C)cc3)[nH]c2-c2ccc3ncnn3c2)n1. The largest absolute Gasteiger partial charge is 0.445 e. The number of aryl methyl sites for hydroxylation is 1. The number of unbranched alkanes of at least 4 members (excludes halogenated alkanes) is 2. The molecular formula is C58H63N13O8. The maximum Gasteiger partial charge on any atom is 0.410 e. The number of rotatable bonds is 25. The fourth-order valence-electron chi connectivity index (χ4n) is 8.96. The zero-order valence-electron chi connectivity index (χ0n) is 44.2. The number of ether oxygens (including phenoxy) is 1. The molecule has 0 bridgehead atoms. The zero-order valence-corrected chi connectivity index (χ0v) is 44.2. The van der Waals surface area contributed by atoms with Crippen molar-refractivity contribution in [3.05, 3.63) is 157 Å². The smallest absolute Gasteiger partial charge is 0.410 e. The van der Waals surface area contributed by atoms with E-state index < -0.39 is 36.0 Å². The van der Waals surface area contributed by atoms with Gasteiger partial charge >= 0.3 is 12.1 Å². The molecule has 5 heterocycles. The molecule has 79 heavy (non-hydrogen) atoms. The summed E-state index contributed by atoms with van der Waals surface area (Å²) >= 11 is 0. The standard InChI is InChI=1S/C58H63N13O8/c1-37(2)52(68-49(72)20-8-5-9-30-70-50(73)27-28-51(70)74)56(76)65-46(19-12-29-60-57(59)77)55(75)64-44-24-21-39(22-25-44)35-79-58(78)69(32-40-14-11-17-42(31-40)41-15-6-4-7-16-41)34-47-66-53(43-23-26-48-61-36-62-71(48)33-43)54(67-47)45-18-10-13-38(3)63-45/h4,6-7,10-11,13-18,21-28,31,33,36-37,46,52H,5,8-9,12,19-20,29-30,32,34-35H2,1-3H3,(H,64,75)(H,65,76)(H,66,67)(H,68,72)(H3,59,60,77). The number of pyridine rings is 2. The Hall–Kier alpha value is -9.53. The number of fused-ring (bicyclic) bond motifs is 1. The number of primary amides is 1. The Morgan fingerprint density at radius 2 is 1.52 bits per heavy atom. The van der Waals surface area contributed by atoms with Crippen LogP contribution < -0.4 is 27.0 Å². The fraction of sp³-hybridized carbons (Fsp3) is 0.293. The number of hydrogen-bond donors (Lipinski definition) is 6. The normalized spacial score (nSPS) is 12.8. The van der Waals surface area contributed by atoms with E-state index in [4.69, 9.17) is 20.4 Å². The number of imidazole rings is 1. The second kappa shape index (κ2) is 26.5. The molecule has 0 fully saturated rings. The van der Waals surface area contributed by atoms with Crippen molar-refractivity contribution >= 4 is 53.0 Å². The molecule has 0 saturated heterocycles. The molecular weight excluding hydrogens is 1010 g/mol. The predicted octanol–water partition coefficient (Wildman–Crippen LogP) is 6.99. The van der Waals surface area contributed by atoms with Gasteiger partial charge in [0.05, 0.1) is 17.9 Å². The molecule has 0 spiro atoms. The van der Waals surface area contributed by atoms with E-state index in [0.29, 0.717) is 59.1 Å². The van der Waals surface area contributed by atoms with Crippen LogP contribution >= 0.6 is 0 Å². The summed E-state index contributed by atoms with van der Waals surface area (Å²) in [5, 5.41) is 15.3. The van der Waals surface area contributed by atoms with E-state index >= 15 is 0 Å². The van der Waals surface area contributed by atoms with Crippen LogP contribution in [-0.4, -0.2) is 106 Å². The number of amides is 8. The first-order chi connectivity index (χ1) is 38.2. The van der Waals surface area contributed by atoms with Gasteiger partial charge in [0, 0.05) is 61.3 Å². The van der Waals surface area contributed by atoms with Crippen molar-refractivity contribution in [2.75, 3.05) is 18.4 Å². The number of carbonyl (C=O) groups excluding carboxylic acids is 7. The highest BCUT2D eigenvalue weighted by Gasteiger charge is 2.30. The van der Waals surface area contributed by atoms with Gasteiger partial charge in [-0.3, -0.25) is 38.8 Å². The predicted molar refractivity (Wildman–Crippen MR) is 295 cm³/mol. The minimum absolute atomic E-state index is 0.0391. The highest BCUT2D eigenvalue weighted by molar-refractivity contribution is 6.12. The average molecular weight is 1070 g/mol. The lowest BCUT2D eigenvalue weighted by Gasteiger charge is -2.25. The fourth-order valence-corrected chi connectivity index (χ4v) is 8.96. The van der Waals surface area contributed by atoms with Crippen molar-refractivity contribution < 1.29 is 38.3 Å². The Morgan fingerprint density at radius 3 is 2.27 bits per heavy atom. The molecule has 2 unspecified atom stereocenters. The minimum atomic E-state index is -1.07.